The molecule has 0 aliphatic carbocycles. The summed E-state index contributed by atoms with van der Waals surface area (Å²) in [6.45, 7) is 1.85. The molecule has 1 atom stereocenters. The van der Waals surface area contributed by atoms with E-state index in [-0.39, 0.29) is 23.2 Å². The maximum absolute atomic E-state index is 11.6. The van der Waals surface area contributed by atoms with E-state index in [0.29, 0.717) is 0 Å². The van der Waals surface area contributed by atoms with Gasteiger partial charge in [-0.05, 0) is 19.1 Å². The van der Waals surface area contributed by atoms with Gasteiger partial charge < -0.3 is 5.73 Å². The van der Waals surface area contributed by atoms with Crippen molar-refractivity contribution in [1.82, 2.24) is 9.71 Å². The van der Waals surface area contributed by atoms with Crippen LogP contribution in [0.2, 0.25) is 0 Å². The van der Waals surface area contributed by atoms with E-state index in [1.807, 2.05) is 6.07 Å². The van der Waals surface area contributed by atoms with Crippen molar-refractivity contribution in [2.45, 2.75) is 17.9 Å². The molecule has 0 radical (unpaired) electrons. The van der Waals surface area contributed by atoms with Crippen LogP contribution in [-0.4, -0.2) is 26.0 Å². The summed E-state index contributed by atoms with van der Waals surface area (Å²) in [5, 5.41) is 8.51. The van der Waals surface area contributed by atoms with Crippen molar-refractivity contribution >= 4 is 10.0 Å². The second-order valence-corrected chi connectivity index (χ2v) is 5.09. The molecule has 0 spiro atoms. The fourth-order valence-corrected chi connectivity index (χ4v) is 2.02. The van der Waals surface area contributed by atoms with Crippen LogP contribution >= 0.6 is 0 Å². The first-order chi connectivity index (χ1) is 7.45. The summed E-state index contributed by atoms with van der Waals surface area (Å²) in [5.41, 5.74) is 5.61. The van der Waals surface area contributed by atoms with E-state index >= 15 is 0 Å². The number of aromatic nitrogens is 1. The van der Waals surface area contributed by atoms with Crippen LogP contribution in [0.25, 0.3) is 0 Å². The quantitative estimate of drug-likeness (QED) is 0.742. The van der Waals surface area contributed by atoms with Crippen LogP contribution in [0.4, 0.5) is 0 Å². The Bertz CT molecular complexity index is 487. The predicted molar refractivity (Wildman–Crippen MR) is 57.8 cm³/mol. The van der Waals surface area contributed by atoms with Crippen LogP contribution in [-0.2, 0) is 10.0 Å². The first-order valence-corrected chi connectivity index (χ1v) is 6.05. The lowest BCUT2D eigenvalue weighted by Gasteiger charge is -2.08. The van der Waals surface area contributed by atoms with Gasteiger partial charge in [0.05, 0.1) is 0 Å². The third-order valence-corrected chi connectivity index (χ3v) is 3.17. The SMILES string of the molecule is CC(N)CNS(=O)(=O)c1ccc(C#N)nc1. The van der Waals surface area contributed by atoms with E-state index in [9.17, 15) is 8.42 Å². The molecule has 0 fully saturated rings. The Morgan fingerprint density at radius 1 is 1.62 bits per heavy atom. The van der Waals surface area contributed by atoms with Crippen LogP contribution < -0.4 is 10.5 Å². The van der Waals surface area contributed by atoms with Gasteiger partial charge in [0, 0.05) is 18.8 Å². The minimum absolute atomic E-state index is 0.0205. The lowest BCUT2D eigenvalue weighted by atomic mass is 10.4. The Labute approximate surface area is 94.2 Å². The normalized spacial score (nSPS) is 13.1. The molecule has 6 nitrogen and oxygen atoms in total. The smallest absolute Gasteiger partial charge is 0.242 e. The zero-order valence-electron chi connectivity index (χ0n) is 8.71. The molecule has 1 rings (SSSR count). The van der Waals surface area contributed by atoms with Crippen LogP contribution in [0.1, 0.15) is 12.6 Å². The highest BCUT2D eigenvalue weighted by Crippen LogP contribution is 2.06. The van der Waals surface area contributed by atoms with E-state index < -0.39 is 10.0 Å². The van der Waals surface area contributed by atoms with Crippen LogP contribution in [0, 0.1) is 11.3 Å². The second-order valence-electron chi connectivity index (χ2n) is 3.32. The molecule has 0 amide bonds. The monoisotopic (exact) mass is 240 g/mol. The highest BCUT2D eigenvalue weighted by atomic mass is 32.2. The predicted octanol–water partition coefficient (Wildman–Crippen LogP) is -0.421. The fourth-order valence-electron chi connectivity index (χ4n) is 0.930. The third kappa shape index (κ3) is 3.27. The molecule has 0 saturated heterocycles. The zero-order valence-corrected chi connectivity index (χ0v) is 9.53. The zero-order chi connectivity index (χ0) is 12.2. The maximum atomic E-state index is 11.6. The molecule has 0 aromatic carbocycles. The number of nitrogens with two attached hydrogens (primary N) is 1. The van der Waals surface area contributed by atoms with E-state index in [2.05, 4.69) is 9.71 Å². The highest BCUT2D eigenvalue weighted by Gasteiger charge is 2.14. The van der Waals surface area contributed by atoms with Gasteiger partial charge in [-0.2, -0.15) is 5.26 Å². The van der Waals surface area contributed by atoms with E-state index in [1.165, 1.54) is 12.1 Å². The number of pyridine rings is 1. The molecule has 0 saturated carbocycles. The molecule has 86 valence electrons. The summed E-state index contributed by atoms with van der Waals surface area (Å²) in [7, 11) is -3.58. The van der Waals surface area contributed by atoms with Gasteiger partial charge >= 0.3 is 0 Å². The number of nitriles is 1. The van der Waals surface area contributed by atoms with E-state index in [1.54, 1.807) is 6.92 Å². The summed E-state index contributed by atoms with van der Waals surface area (Å²) in [6.07, 6.45) is 1.14. The highest BCUT2D eigenvalue weighted by molar-refractivity contribution is 7.89. The standard InChI is InChI=1S/C9H12N4O2S/c1-7(11)5-13-16(14,15)9-3-2-8(4-10)12-6-9/h2-3,6-7,13H,5,11H2,1H3. The number of nitrogens with zero attached hydrogens (tertiary/aromatic N) is 2. The molecule has 1 heterocycles. The van der Waals surface area contributed by atoms with Crippen molar-refractivity contribution in [1.29, 1.82) is 5.26 Å². The summed E-state index contributed by atoms with van der Waals surface area (Å²) in [6, 6.07) is 4.22. The summed E-state index contributed by atoms with van der Waals surface area (Å²) in [4.78, 5) is 3.70. The van der Waals surface area contributed by atoms with Gasteiger partial charge in [0.1, 0.15) is 16.7 Å². The summed E-state index contributed by atoms with van der Waals surface area (Å²) < 4.78 is 25.6. The number of rotatable bonds is 4. The molecular formula is C9H12N4O2S. The molecule has 0 aliphatic heterocycles. The Hall–Kier alpha value is -1.49. The lowest BCUT2D eigenvalue weighted by Crippen LogP contribution is -2.35. The Kier molecular flexibility index (Phi) is 3.95. The average molecular weight is 240 g/mol. The van der Waals surface area contributed by atoms with Crippen LogP contribution in [0.15, 0.2) is 23.2 Å². The molecule has 3 N–H and O–H groups in total. The maximum Gasteiger partial charge on any atom is 0.242 e. The minimum atomic E-state index is -3.58. The van der Waals surface area contributed by atoms with Gasteiger partial charge in [-0.1, -0.05) is 0 Å². The molecule has 0 aliphatic rings. The second kappa shape index (κ2) is 5.03. The van der Waals surface area contributed by atoms with Gasteiger partial charge in [-0.15, -0.1) is 0 Å². The van der Waals surface area contributed by atoms with Gasteiger partial charge in [0.15, 0.2) is 0 Å². The molecule has 7 heteroatoms. The van der Waals surface area contributed by atoms with Crippen molar-refractivity contribution in [2.24, 2.45) is 5.73 Å². The van der Waals surface area contributed by atoms with Crippen molar-refractivity contribution in [2.75, 3.05) is 6.54 Å². The number of nitrogens with one attached hydrogen (secondary N) is 1. The van der Waals surface area contributed by atoms with E-state index in [4.69, 9.17) is 11.0 Å². The van der Waals surface area contributed by atoms with Crippen LogP contribution in [0.5, 0.6) is 0 Å². The average Bonchev–Trinajstić information content (AvgIpc) is 2.27. The van der Waals surface area contributed by atoms with Gasteiger partial charge in [0.25, 0.3) is 0 Å². The first kappa shape index (κ1) is 12.6. The van der Waals surface area contributed by atoms with Crippen molar-refractivity contribution in [3.8, 4) is 6.07 Å². The number of hydrogen-bond acceptors (Lipinski definition) is 5. The van der Waals surface area contributed by atoms with Gasteiger partial charge in [-0.25, -0.2) is 18.1 Å². The van der Waals surface area contributed by atoms with Crippen molar-refractivity contribution in [3.05, 3.63) is 24.0 Å². The van der Waals surface area contributed by atoms with E-state index in [0.717, 1.165) is 6.20 Å². The molecule has 1 aromatic rings. The number of hydrogen-bond donors (Lipinski definition) is 2. The third-order valence-electron chi connectivity index (χ3n) is 1.76. The Balaban J connectivity index is 2.87. The number of sulfonamides is 1. The molecule has 16 heavy (non-hydrogen) atoms. The minimum Gasteiger partial charge on any atom is -0.327 e. The lowest BCUT2D eigenvalue weighted by molar-refractivity contribution is 0.573. The Morgan fingerprint density at radius 3 is 2.75 bits per heavy atom. The Morgan fingerprint density at radius 2 is 2.31 bits per heavy atom. The largest absolute Gasteiger partial charge is 0.327 e. The van der Waals surface area contributed by atoms with Crippen molar-refractivity contribution in [3.63, 3.8) is 0 Å². The molecule has 1 unspecified atom stereocenters. The van der Waals surface area contributed by atoms with Gasteiger partial charge in [-0.3, -0.25) is 0 Å². The summed E-state index contributed by atoms with van der Waals surface area (Å²) >= 11 is 0. The van der Waals surface area contributed by atoms with Crippen LogP contribution in [0.3, 0.4) is 0 Å². The fraction of sp³-hybridized carbons (Fsp3) is 0.333. The molecular weight excluding hydrogens is 228 g/mol. The molecule has 1 aromatic heterocycles. The summed E-state index contributed by atoms with van der Waals surface area (Å²) in [5.74, 6) is 0. The first-order valence-electron chi connectivity index (χ1n) is 4.57. The van der Waals surface area contributed by atoms with Crippen molar-refractivity contribution < 1.29 is 8.42 Å². The molecule has 0 bridgehead atoms. The van der Waals surface area contributed by atoms with Gasteiger partial charge in [0.2, 0.25) is 10.0 Å². The topological polar surface area (TPSA) is 109 Å².